The number of amides is 2. The Morgan fingerprint density at radius 3 is 2.36 bits per heavy atom. The highest BCUT2D eigenvalue weighted by Gasteiger charge is 2.50. The van der Waals surface area contributed by atoms with Gasteiger partial charge in [0.25, 0.3) is 0 Å². The van der Waals surface area contributed by atoms with E-state index in [0.717, 1.165) is 60.7 Å². The summed E-state index contributed by atoms with van der Waals surface area (Å²) in [5, 5.41) is 26.3. The zero-order valence-corrected chi connectivity index (χ0v) is 52.1. The second-order valence-corrected chi connectivity index (χ2v) is 27.5. The van der Waals surface area contributed by atoms with Crippen molar-refractivity contribution in [2.24, 2.45) is 11.3 Å². The third-order valence-electron chi connectivity index (χ3n) is 14.6. The third kappa shape index (κ3) is 20.8. The Balaban J connectivity index is 0.798. The lowest BCUT2D eigenvalue weighted by molar-refractivity contribution is -0.138. The summed E-state index contributed by atoms with van der Waals surface area (Å²) in [6.45, 7) is 1.86. The lowest BCUT2D eigenvalue weighted by atomic mass is 9.76. The van der Waals surface area contributed by atoms with Gasteiger partial charge in [-0.25, -0.2) is 28.6 Å². The van der Waals surface area contributed by atoms with Gasteiger partial charge in [-0.1, -0.05) is 111 Å². The van der Waals surface area contributed by atoms with Gasteiger partial charge in [0, 0.05) is 56.7 Å². The molecule has 1 aliphatic heterocycles. The third-order valence-corrected chi connectivity index (χ3v) is 19.0. The van der Waals surface area contributed by atoms with Crippen LogP contribution in [0.4, 0.5) is 19.0 Å². The maximum atomic E-state index is 13.9. The molecule has 0 bridgehead atoms. The fourth-order valence-corrected chi connectivity index (χ4v) is 14.0. The van der Waals surface area contributed by atoms with Gasteiger partial charge in [0.15, 0.2) is 22.8 Å². The van der Waals surface area contributed by atoms with Gasteiger partial charge < -0.3 is 55.6 Å². The summed E-state index contributed by atoms with van der Waals surface area (Å²) in [5.41, 5.74) is 5.61. The molecule has 3 heterocycles. The van der Waals surface area contributed by atoms with E-state index in [0.29, 0.717) is 48.9 Å². The fraction of sp³-hybridized carbons (Fsp3) is 0.519. The van der Waals surface area contributed by atoms with Crippen LogP contribution in [0, 0.1) is 11.3 Å². The molecule has 88 heavy (non-hydrogen) atoms. The van der Waals surface area contributed by atoms with E-state index in [1.54, 1.807) is 30.3 Å². The molecule has 8 unspecified atom stereocenters. The molecule has 0 radical (unpaired) electrons. The monoisotopic (exact) mass is 1340 g/mol. The number of aromatic nitrogens is 4. The average Bonchev–Trinajstić information content (AvgIpc) is 2.71. The molecule has 2 fully saturated rings. The van der Waals surface area contributed by atoms with E-state index < -0.39 is 96.3 Å². The predicted octanol–water partition coefficient (Wildman–Crippen LogP) is 7.21. The maximum absolute atomic E-state index is 13.9. The van der Waals surface area contributed by atoms with Crippen LogP contribution in [0.2, 0.25) is 5.02 Å². The number of nitrogens with zero attached hydrogens (tertiary/aromatic N) is 5. The Morgan fingerprint density at radius 1 is 0.932 bits per heavy atom. The smallest absolute Gasteiger partial charge is 0.481 e. The number of anilines is 1. The molecule has 2 aromatic heterocycles. The average molecular weight is 1340 g/mol. The Bertz CT molecular complexity index is 3320. The molecule has 1 saturated heterocycles. The number of ether oxygens (including phenoxy) is 2. The SMILES string of the molecule is CC(C)(COP(=O)(O)OP(=O)(O)OCC1OC(n2cnc3c(N)ncnc32)C(O)C1OP(=O)(O)O)C(O)C(=O)NCCC(=O)NCCSC(=O)Cc1cccc(OCCCN(Cc2cccc(C(F)(F)F)c2Cl)CC(c2ccccc2)C2CCCCC2)c1. The number of halogens is 4. The van der Waals surface area contributed by atoms with Gasteiger partial charge in [0.1, 0.15) is 42.0 Å². The maximum Gasteiger partial charge on any atom is 0.481 e. The first-order valence-electron chi connectivity index (χ1n) is 27.9. The molecule has 34 heteroatoms. The zero-order valence-electron chi connectivity index (χ0n) is 47.8. The Kier molecular flexibility index (Phi) is 25.2. The van der Waals surface area contributed by atoms with Gasteiger partial charge in [-0.15, -0.1) is 0 Å². The molecule has 5 aromatic rings. The normalized spacial score (nSPS) is 19.9. The molecule has 8 atom stereocenters. The van der Waals surface area contributed by atoms with Crippen molar-refractivity contribution in [1.82, 2.24) is 35.1 Å². The Morgan fingerprint density at radius 2 is 1.65 bits per heavy atom. The van der Waals surface area contributed by atoms with Crippen LogP contribution in [-0.4, -0.2) is 147 Å². The highest BCUT2D eigenvalue weighted by atomic mass is 35.5. The summed E-state index contributed by atoms with van der Waals surface area (Å²) >= 11 is 7.41. The number of nitrogens with one attached hydrogen (secondary N) is 2. The number of phosphoric acid groups is 3. The molecular formula is C54H71ClF3N8O18P3S. The molecule has 1 aliphatic carbocycles. The molecule has 3 aromatic carbocycles. The molecule has 26 nitrogen and oxygen atoms in total. The Labute approximate surface area is 513 Å². The van der Waals surface area contributed by atoms with Crippen LogP contribution >= 0.6 is 46.8 Å². The quantitative estimate of drug-likeness (QED) is 0.0152. The van der Waals surface area contributed by atoms with Gasteiger partial charge in [0.05, 0.1) is 36.7 Å². The van der Waals surface area contributed by atoms with Crippen LogP contribution in [-0.2, 0) is 69.8 Å². The number of carbonyl (C=O) groups excluding carboxylic acids is 3. The number of nitrogen functional groups attached to an aromatic ring is 1. The first-order chi connectivity index (χ1) is 41.5. The molecular weight excluding hydrogens is 1270 g/mol. The number of thioether (sulfide) groups is 1. The van der Waals surface area contributed by atoms with Crippen molar-refractivity contribution in [2.45, 2.75) is 114 Å². The number of aliphatic hydroxyl groups excluding tert-OH is 2. The van der Waals surface area contributed by atoms with Crippen LogP contribution < -0.4 is 21.1 Å². The molecule has 7 rings (SSSR count). The van der Waals surface area contributed by atoms with Crippen LogP contribution in [0.5, 0.6) is 5.75 Å². The molecule has 0 spiro atoms. The van der Waals surface area contributed by atoms with Crippen molar-refractivity contribution >= 4 is 80.7 Å². The number of carbonyl (C=O) groups is 3. The van der Waals surface area contributed by atoms with Crippen molar-refractivity contribution in [3.05, 3.63) is 113 Å². The topological polar surface area (TPSA) is 376 Å². The number of hydrogen-bond acceptors (Lipinski definition) is 20. The molecule has 2 aliphatic rings. The molecule has 484 valence electrons. The first-order valence-corrected chi connectivity index (χ1v) is 33.8. The van der Waals surface area contributed by atoms with Crippen LogP contribution in [0.3, 0.4) is 0 Å². The summed E-state index contributed by atoms with van der Waals surface area (Å²) in [6, 6.07) is 21.3. The highest BCUT2D eigenvalue weighted by Crippen LogP contribution is 2.61. The Hall–Kier alpha value is -4.94. The number of fused-ring (bicyclic) bond motifs is 1. The number of hydrogen-bond donors (Lipinski definition) is 9. The van der Waals surface area contributed by atoms with E-state index in [4.69, 9.17) is 35.9 Å². The van der Waals surface area contributed by atoms with E-state index in [-0.39, 0.29) is 71.3 Å². The first kappa shape index (κ1) is 70.5. The zero-order chi connectivity index (χ0) is 64.0. The van der Waals surface area contributed by atoms with Crippen LogP contribution in [0.15, 0.2) is 85.5 Å². The second-order valence-electron chi connectivity index (χ2n) is 21.7. The standard InChI is InChI=1S/C54H71ClF3N8O18P3S/c1-53(2,31-81-87(77,78)84-86(75,76)80-30-41-47(83-85(72,73)74)46(69)52(82-41)66-33-64-45-49(59)62-32-63-50(45)66)48(70)51(71)61-21-20-42(67)60-22-25-88-43(68)27-34-12-9-18-38(26-34)79-24-11-23-65(28-37-17-10-19-40(44(37)55)54(56,57)58)29-39(35-13-5-3-6-14-35)36-15-7-4-8-16-36/h3,5-6,9-10,12-14,17-19,26,32-33,36,39,41,46-48,52,69-70H,4,7-8,11,15-16,20-25,27-31H2,1-2H3,(H,60,67)(H,61,71)(H,75,76)(H,77,78)(H2,59,62,63)(H2,72,73,74). The number of benzene rings is 3. The number of phosphoric ester groups is 3. The van der Waals surface area contributed by atoms with E-state index in [2.05, 4.69) is 51.5 Å². The van der Waals surface area contributed by atoms with Crippen molar-refractivity contribution in [3.8, 4) is 5.75 Å². The number of aliphatic hydroxyl groups is 2. The fourth-order valence-electron chi connectivity index (χ4n) is 10.2. The van der Waals surface area contributed by atoms with Crippen LogP contribution in [0.1, 0.15) is 93.2 Å². The summed E-state index contributed by atoms with van der Waals surface area (Å²) in [6.07, 6.45) is -5.57. The predicted molar refractivity (Wildman–Crippen MR) is 315 cm³/mol. The van der Waals surface area contributed by atoms with Crippen LogP contribution in [0.25, 0.3) is 11.2 Å². The largest absolute Gasteiger partial charge is 0.494 e. The van der Waals surface area contributed by atoms with Gasteiger partial charge in [0.2, 0.25) is 11.8 Å². The van der Waals surface area contributed by atoms with Gasteiger partial charge >= 0.3 is 29.6 Å². The number of imidazole rings is 1. The van der Waals surface area contributed by atoms with Crippen molar-refractivity contribution < 1.29 is 98.4 Å². The summed E-state index contributed by atoms with van der Waals surface area (Å²) in [4.78, 5) is 92.0. The number of rotatable bonds is 32. The minimum atomic E-state index is -5.63. The van der Waals surface area contributed by atoms with Crippen molar-refractivity contribution in [1.29, 1.82) is 0 Å². The number of alkyl halides is 3. The summed E-state index contributed by atoms with van der Waals surface area (Å²) in [5.74, 6) is -0.226. The molecule has 1 saturated carbocycles. The van der Waals surface area contributed by atoms with Gasteiger partial charge in [-0.2, -0.15) is 17.5 Å². The van der Waals surface area contributed by atoms with E-state index in [9.17, 15) is 71.0 Å². The van der Waals surface area contributed by atoms with Crippen molar-refractivity contribution in [2.75, 3.05) is 57.5 Å². The molecule has 2 amide bonds. The summed E-state index contributed by atoms with van der Waals surface area (Å²) < 4.78 is 111. The second kappa shape index (κ2) is 31.4. The summed E-state index contributed by atoms with van der Waals surface area (Å²) in [7, 11) is -16.6. The van der Waals surface area contributed by atoms with Crippen molar-refractivity contribution in [3.63, 3.8) is 0 Å². The molecule has 10 N–H and O–H groups in total. The minimum Gasteiger partial charge on any atom is -0.494 e. The lowest BCUT2D eigenvalue weighted by Crippen LogP contribution is -2.46. The van der Waals surface area contributed by atoms with Gasteiger partial charge in [-0.3, -0.25) is 37.4 Å². The van der Waals surface area contributed by atoms with E-state index in [1.165, 1.54) is 31.9 Å². The minimum absolute atomic E-state index is 0.0136. The van der Waals surface area contributed by atoms with Gasteiger partial charge in [-0.05, 0) is 66.0 Å². The highest BCUT2D eigenvalue weighted by molar-refractivity contribution is 8.13. The van der Waals surface area contributed by atoms with E-state index >= 15 is 0 Å². The number of nitrogens with two attached hydrogens (primary N) is 1. The lowest BCUT2D eigenvalue weighted by Gasteiger charge is -2.35. The van der Waals surface area contributed by atoms with E-state index in [1.807, 2.05) is 18.2 Å².